The number of rotatable bonds is 9. The van der Waals surface area contributed by atoms with Crippen molar-refractivity contribution in [3.63, 3.8) is 0 Å². The number of nitrogens with zero attached hydrogens (tertiary/aromatic N) is 4. The minimum Gasteiger partial charge on any atom is -0.435 e. The summed E-state index contributed by atoms with van der Waals surface area (Å²) in [6.07, 6.45) is 5.14. The Balaban J connectivity index is 1.38. The second-order valence-corrected chi connectivity index (χ2v) is 11.5. The molecule has 1 saturated heterocycles. The summed E-state index contributed by atoms with van der Waals surface area (Å²) in [5, 5.41) is 6.66. The Morgan fingerprint density at radius 3 is 2.67 bits per heavy atom. The summed E-state index contributed by atoms with van der Waals surface area (Å²) < 4.78 is 58.6. The van der Waals surface area contributed by atoms with Gasteiger partial charge in [-0.2, -0.15) is 4.39 Å². The van der Waals surface area contributed by atoms with Gasteiger partial charge in [0.1, 0.15) is 9.92 Å². The standard InChI is InChI=1S/C28H29F2N7O2S/c1-37(40(31,38)18-19-7-3-2-4-8-19)23-11-12-24(26(30)25(23)29)39-27-21(10-6-15-33-27)22-13-16-34-28(36-22)35-20-9-5-14-32-17-20/h2-4,6-8,10-13,15-16,20,31-32H,5,9,14,17-18H2,1H3,(H,34,35,36)/t20-,40?/m0/s1. The summed E-state index contributed by atoms with van der Waals surface area (Å²) in [4.78, 5) is 13.1. The number of anilines is 2. The van der Waals surface area contributed by atoms with Crippen LogP contribution in [0.25, 0.3) is 11.3 Å². The molecule has 1 aliphatic heterocycles. The number of hydrogen-bond acceptors (Lipinski definition) is 8. The van der Waals surface area contributed by atoms with Crippen molar-refractivity contribution in [1.29, 1.82) is 4.78 Å². The van der Waals surface area contributed by atoms with Gasteiger partial charge in [0.05, 0.1) is 22.7 Å². The van der Waals surface area contributed by atoms with Gasteiger partial charge >= 0.3 is 0 Å². The molecular formula is C28H29F2N7O2S. The normalized spacial score (nSPS) is 16.6. The van der Waals surface area contributed by atoms with E-state index in [2.05, 4.69) is 25.6 Å². The molecule has 0 aliphatic carbocycles. The molecule has 1 aliphatic rings. The molecule has 3 heterocycles. The molecule has 0 radical (unpaired) electrons. The molecule has 4 aromatic rings. The van der Waals surface area contributed by atoms with Crippen LogP contribution in [0.15, 0.2) is 73.1 Å². The number of nitrogens with one attached hydrogen (secondary N) is 3. The van der Waals surface area contributed by atoms with E-state index in [1.54, 1.807) is 54.7 Å². The maximum absolute atomic E-state index is 15.2. The topological polar surface area (TPSA) is 116 Å². The summed E-state index contributed by atoms with van der Waals surface area (Å²) in [6, 6.07) is 16.5. The Labute approximate surface area is 231 Å². The first-order chi connectivity index (χ1) is 19.3. The van der Waals surface area contributed by atoms with Gasteiger partial charge in [-0.1, -0.05) is 30.3 Å². The lowest BCUT2D eigenvalue weighted by molar-refractivity contribution is 0.407. The van der Waals surface area contributed by atoms with Gasteiger partial charge in [-0.05, 0) is 55.3 Å². The number of aromatic nitrogens is 3. The molecule has 9 nitrogen and oxygen atoms in total. The lowest BCUT2D eigenvalue weighted by Gasteiger charge is -2.24. The first-order valence-electron chi connectivity index (χ1n) is 12.8. The van der Waals surface area contributed by atoms with Gasteiger partial charge in [-0.3, -0.25) is 4.31 Å². The molecule has 0 saturated carbocycles. The molecule has 0 amide bonds. The molecule has 1 fully saturated rings. The van der Waals surface area contributed by atoms with Crippen molar-refractivity contribution in [3.05, 3.63) is 90.3 Å². The fourth-order valence-electron chi connectivity index (χ4n) is 4.41. The first kappa shape index (κ1) is 27.4. The number of benzene rings is 2. The molecule has 2 aromatic heterocycles. The lowest BCUT2D eigenvalue weighted by atomic mass is 10.1. The summed E-state index contributed by atoms with van der Waals surface area (Å²) in [5.41, 5.74) is 1.30. The maximum Gasteiger partial charge on any atom is 0.228 e. The Kier molecular flexibility index (Phi) is 8.17. The highest BCUT2D eigenvalue weighted by Crippen LogP contribution is 2.35. The molecular weight excluding hydrogens is 536 g/mol. The third kappa shape index (κ3) is 6.18. The SMILES string of the molecule is CN(c1ccc(Oc2ncccc2-c2ccnc(N[C@H]3CCCNC3)n2)c(F)c1F)S(=N)(=O)Cc1ccccc1. The molecule has 1 unspecified atom stereocenters. The fraction of sp³-hybridized carbons (Fsp3) is 0.250. The minimum absolute atomic E-state index is 0.0271. The number of ether oxygens (including phenoxy) is 1. The van der Waals surface area contributed by atoms with E-state index in [0.29, 0.717) is 22.8 Å². The van der Waals surface area contributed by atoms with Crippen molar-refractivity contribution >= 4 is 21.6 Å². The molecule has 5 rings (SSSR count). The summed E-state index contributed by atoms with van der Waals surface area (Å²) >= 11 is 0. The highest BCUT2D eigenvalue weighted by molar-refractivity contribution is 7.93. The van der Waals surface area contributed by atoms with Gasteiger partial charge in [-0.25, -0.2) is 28.3 Å². The lowest BCUT2D eigenvalue weighted by Crippen LogP contribution is -2.38. The van der Waals surface area contributed by atoms with Crippen molar-refractivity contribution in [2.75, 3.05) is 29.8 Å². The van der Waals surface area contributed by atoms with E-state index in [-0.39, 0.29) is 23.4 Å². The molecule has 2 aromatic carbocycles. The van der Waals surface area contributed by atoms with Crippen LogP contribution in [0.3, 0.4) is 0 Å². The van der Waals surface area contributed by atoms with Crippen LogP contribution >= 0.6 is 0 Å². The van der Waals surface area contributed by atoms with E-state index < -0.39 is 27.3 Å². The molecule has 2 atom stereocenters. The van der Waals surface area contributed by atoms with Gasteiger partial charge < -0.3 is 15.4 Å². The van der Waals surface area contributed by atoms with E-state index in [1.807, 2.05) is 0 Å². The number of piperidine rings is 1. The average Bonchev–Trinajstić information content (AvgIpc) is 2.96. The van der Waals surface area contributed by atoms with E-state index in [1.165, 1.54) is 25.4 Å². The highest BCUT2D eigenvalue weighted by atomic mass is 32.2. The first-order valence-corrected chi connectivity index (χ1v) is 14.5. The highest BCUT2D eigenvalue weighted by Gasteiger charge is 2.24. The van der Waals surface area contributed by atoms with Crippen LogP contribution in [-0.2, 0) is 15.7 Å². The third-order valence-corrected chi connectivity index (χ3v) is 8.36. The minimum atomic E-state index is -3.49. The van der Waals surface area contributed by atoms with Crippen LogP contribution in [0.1, 0.15) is 18.4 Å². The van der Waals surface area contributed by atoms with Gasteiger partial charge in [0, 0.05) is 32.0 Å². The molecule has 3 N–H and O–H groups in total. The van der Waals surface area contributed by atoms with Gasteiger partial charge in [-0.15, -0.1) is 0 Å². The van der Waals surface area contributed by atoms with Crippen LogP contribution in [0.4, 0.5) is 20.4 Å². The average molecular weight is 566 g/mol. The van der Waals surface area contributed by atoms with Crippen molar-refractivity contribution in [1.82, 2.24) is 20.3 Å². The van der Waals surface area contributed by atoms with Gasteiger partial charge in [0.25, 0.3) is 0 Å². The van der Waals surface area contributed by atoms with Crippen LogP contribution in [0.5, 0.6) is 11.6 Å². The fourth-order valence-corrected chi connectivity index (χ4v) is 5.70. The van der Waals surface area contributed by atoms with Crippen LogP contribution in [0.2, 0.25) is 0 Å². The summed E-state index contributed by atoms with van der Waals surface area (Å²) in [5.74, 6) is -2.64. The van der Waals surface area contributed by atoms with Gasteiger partial charge in [0.15, 0.2) is 11.6 Å². The van der Waals surface area contributed by atoms with Crippen LogP contribution in [-0.4, -0.2) is 45.3 Å². The second-order valence-electron chi connectivity index (χ2n) is 9.39. The van der Waals surface area contributed by atoms with Crippen molar-refractivity contribution in [3.8, 4) is 22.9 Å². The number of pyridine rings is 1. The molecule has 12 heteroatoms. The quantitative estimate of drug-likeness (QED) is 0.250. The second kappa shape index (κ2) is 11.9. The van der Waals surface area contributed by atoms with Crippen molar-refractivity contribution in [2.24, 2.45) is 0 Å². The Hall–Kier alpha value is -4.16. The maximum atomic E-state index is 15.2. The predicted molar refractivity (Wildman–Crippen MR) is 151 cm³/mol. The molecule has 208 valence electrons. The number of hydrogen-bond donors (Lipinski definition) is 3. The Bertz CT molecular complexity index is 1580. The largest absolute Gasteiger partial charge is 0.435 e. The van der Waals surface area contributed by atoms with Gasteiger partial charge in [0.2, 0.25) is 17.6 Å². The van der Waals surface area contributed by atoms with Crippen molar-refractivity contribution < 1.29 is 17.7 Å². The molecule has 0 spiro atoms. The monoisotopic (exact) mass is 565 g/mol. The zero-order valence-corrected chi connectivity index (χ0v) is 22.6. The zero-order chi connectivity index (χ0) is 28.1. The smallest absolute Gasteiger partial charge is 0.228 e. The van der Waals surface area contributed by atoms with E-state index in [0.717, 1.165) is 30.2 Å². The Morgan fingerprint density at radius 2 is 1.90 bits per heavy atom. The third-order valence-electron chi connectivity index (χ3n) is 6.55. The number of halogens is 2. The van der Waals surface area contributed by atoms with E-state index in [9.17, 15) is 4.21 Å². The predicted octanol–water partition coefficient (Wildman–Crippen LogP) is 5.37. The molecule has 40 heavy (non-hydrogen) atoms. The van der Waals surface area contributed by atoms with Crippen LogP contribution in [0, 0.1) is 16.4 Å². The Morgan fingerprint density at radius 1 is 1.07 bits per heavy atom. The van der Waals surface area contributed by atoms with E-state index >= 15 is 8.78 Å². The summed E-state index contributed by atoms with van der Waals surface area (Å²) in [7, 11) is -2.18. The van der Waals surface area contributed by atoms with Crippen LogP contribution < -0.4 is 19.7 Å². The zero-order valence-electron chi connectivity index (χ0n) is 21.8. The van der Waals surface area contributed by atoms with Crippen molar-refractivity contribution in [2.45, 2.75) is 24.6 Å². The summed E-state index contributed by atoms with van der Waals surface area (Å²) in [6.45, 7) is 1.80. The molecule has 0 bridgehead atoms. The van der Waals surface area contributed by atoms with E-state index in [4.69, 9.17) is 9.52 Å².